The summed E-state index contributed by atoms with van der Waals surface area (Å²) < 4.78 is 9.99. The smallest absolute Gasteiger partial charge is 0.330 e. The molecule has 5 heteroatoms. The summed E-state index contributed by atoms with van der Waals surface area (Å²) >= 11 is 0. The number of esters is 1. The molecule has 22 heavy (non-hydrogen) atoms. The zero-order chi connectivity index (χ0) is 16.8. The fourth-order valence-electron chi connectivity index (χ4n) is 1.59. The van der Waals surface area contributed by atoms with E-state index < -0.39 is 14.0 Å². The lowest BCUT2D eigenvalue weighted by molar-refractivity contribution is -0.137. The number of carbonyl (C=O) groups is 1. The molecule has 0 atom stereocenters. The van der Waals surface area contributed by atoms with Gasteiger partial charge in [0.2, 0.25) is 0 Å². The average Bonchev–Trinajstić information content (AvgIpc) is 2.44. The molecule has 1 aromatic carbocycles. The van der Waals surface area contributed by atoms with E-state index in [9.17, 15) is 9.90 Å². The fraction of sp³-hybridized carbons (Fsp3) is 0.353. The Bertz CT molecular complexity index is 631. The summed E-state index contributed by atoms with van der Waals surface area (Å²) in [6.45, 7) is 8.45. The lowest BCUT2D eigenvalue weighted by Gasteiger charge is -2.08. The minimum atomic E-state index is -1.56. The normalized spacial score (nSPS) is 11.0. The number of hydrogen-bond acceptors (Lipinski definition) is 4. The summed E-state index contributed by atoms with van der Waals surface area (Å²) in [7, 11) is -0.0844. The van der Waals surface area contributed by atoms with Gasteiger partial charge in [0.05, 0.1) is 19.3 Å². The minimum absolute atomic E-state index is 0.0153. The maximum Gasteiger partial charge on any atom is 0.330 e. The van der Waals surface area contributed by atoms with Gasteiger partial charge in [0, 0.05) is 6.08 Å². The first kappa shape index (κ1) is 17.9. The highest BCUT2D eigenvalue weighted by molar-refractivity contribution is 6.83. The molecule has 0 fully saturated rings. The molecule has 0 aliphatic rings. The van der Waals surface area contributed by atoms with Gasteiger partial charge < -0.3 is 14.6 Å². The summed E-state index contributed by atoms with van der Waals surface area (Å²) in [6, 6.07) is 3.37. The van der Waals surface area contributed by atoms with E-state index in [0.717, 1.165) is 0 Å². The second kappa shape index (κ2) is 7.71. The van der Waals surface area contributed by atoms with E-state index in [4.69, 9.17) is 9.47 Å². The lowest BCUT2D eigenvalue weighted by atomic mass is 10.1. The standard InChI is InChI=1S/C17H22O4Si/c1-6-21-16(18)8-7-13-11-14(9-10-22(3,4)5)17(19)15(12-13)20-2/h7-8,11-12,19H,6H2,1-5H3/b8-7+. The van der Waals surface area contributed by atoms with Crippen LogP contribution in [0.5, 0.6) is 11.5 Å². The number of ether oxygens (including phenoxy) is 2. The number of carbonyl (C=O) groups excluding carboxylic acids is 1. The van der Waals surface area contributed by atoms with E-state index in [1.54, 1.807) is 25.1 Å². The maximum atomic E-state index is 11.4. The van der Waals surface area contributed by atoms with Gasteiger partial charge >= 0.3 is 5.97 Å². The summed E-state index contributed by atoms with van der Waals surface area (Å²) in [5.41, 5.74) is 4.40. The molecule has 0 aliphatic carbocycles. The van der Waals surface area contributed by atoms with Gasteiger partial charge in [-0.1, -0.05) is 25.6 Å². The third-order valence-electron chi connectivity index (χ3n) is 2.59. The van der Waals surface area contributed by atoms with Crippen molar-refractivity contribution in [3.63, 3.8) is 0 Å². The van der Waals surface area contributed by atoms with Crippen molar-refractivity contribution < 1.29 is 19.4 Å². The molecule has 0 saturated carbocycles. The highest BCUT2D eigenvalue weighted by atomic mass is 28.3. The average molecular weight is 318 g/mol. The second-order valence-electron chi connectivity index (χ2n) is 5.70. The monoisotopic (exact) mass is 318 g/mol. The zero-order valence-electron chi connectivity index (χ0n) is 13.7. The predicted molar refractivity (Wildman–Crippen MR) is 90.5 cm³/mol. The molecule has 118 valence electrons. The van der Waals surface area contributed by atoms with Crippen molar-refractivity contribution in [2.45, 2.75) is 26.6 Å². The molecule has 1 N–H and O–H groups in total. The van der Waals surface area contributed by atoms with E-state index in [1.165, 1.54) is 13.2 Å². The number of benzene rings is 1. The predicted octanol–water partition coefficient (Wildman–Crippen LogP) is 3.21. The van der Waals surface area contributed by atoms with Gasteiger partial charge in [-0.3, -0.25) is 0 Å². The summed E-state index contributed by atoms with van der Waals surface area (Å²) in [5.74, 6) is 2.94. The minimum Gasteiger partial charge on any atom is -0.503 e. The number of hydrogen-bond donors (Lipinski definition) is 1. The van der Waals surface area contributed by atoms with Gasteiger partial charge in [0.25, 0.3) is 0 Å². The van der Waals surface area contributed by atoms with Crippen molar-refractivity contribution in [2.24, 2.45) is 0 Å². The third-order valence-corrected chi connectivity index (χ3v) is 3.46. The Balaban J connectivity index is 3.20. The van der Waals surface area contributed by atoms with Crippen LogP contribution in [0.3, 0.4) is 0 Å². The third kappa shape index (κ3) is 5.66. The Morgan fingerprint density at radius 2 is 2.05 bits per heavy atom. The van der Waals surface area contributed by atoms with Crippen molar-refractivity contribution in [3.05, 3.63) is 29.3 Å². The van der Waals surface area contributed by atoms with Gasteiger partial charge in [-0.25, -0.2) is 4.79 Å². The number of rotatable bonds is 4. The molecular weight excluding hydrogens is 296 g/mol. The summed E-state index contributed by atoms with van der Waals surface area (Å²) in [6.07, 6.45) is 2.95. The van der Waals surface area contributed by atoms with Crippen LogP contribution >= 0.6 is 0 Å². The van der Waals surface area contributed by atoms with Gasteiger partial charge in [-0.05, 0) is 30.7 Å². The molecule has 1 aromatic rings. The van der Waals surface area contributed by atoms with E-state index >= 15 is 0 Å². The Hall–Kier alpha value is -2.19. The molecule has 0 amide bonds. The van der Waals surface area contributed by atoms with Crippen LogP contribution in [0.4, 0.5) is 0 Å². The number of aromatic hydroxyl groups is 1. The van der Waals surface area contributed by atoms with Crippen LogP contribution in [-0.4, -0.2) is 32.9 Å². The SMILES string of the molecule is CCOC(=O)/C=C/c1cc(C#C[Si](C)(C)C)c(O)c(OC)c1. The van der Waals surface area contributed by atoms with Crippen molar-refractivity contribution in [1.29, 1.82) is 0 Å². The molecule has 0 aromatic heterocycles. The fourth-order valence-corrected chi connectivity index (χ4v) is 2.10. The summed E-state index contributed by atoms with van der Waals surface area (Å²) in [4.78, 5) is 11.4. The molecule has 1 rings (SSSR count). The second-order valence-corrected chi connectivity index (χ2v) is 10.5. The van der Waals surface area contributed by atoms with Crippen LogP contribution in [0.1, 0.15) is 18.1 Å². The van der Waals surface area contributed by atoms with Crippen LogP contribution in [0.15, 0.2) is 18.2 Å². The molecule has 0 bridgehead atoms. The highest BCUT2D eigenvalue weighted by Crippen LogP contribution is 2.31. The zero-order valence-corrected chi connectivity index (χ0v) is 14.7. The number of phenols is 1. The molecule has 0 aliphatic heterocycles. The van der Waals surface area contributed by atoms with E-state index in [2.05, 4.69) is 31.1 Å². The molecule has 0 heterocycles. The Kier molecular flexibility index (Phi) is 6.26. The molecule has 0 unspecified atom stereocenters. The van der Waals surface area contributed by atoms with Crippen molar-refractivity contribution >= 4 is 20.1 Å². The van der Waals surface area contributed by atoms with Crippen LogP contribution < -0.4 is 4.74 Å². The first-order chi connectivity index (χ1) is 10.3. The van der Waals surface area contributed by atoms with Crippen LogP contribution in [0.2, 0.25) is 19.6 Å². The van der Waals surface area contributed by atoms with Crippen molar-refractivity contribution in [3.8, 4) is 23.0 Å². The van der Waals surface area contributed by atoms with Gasteiger partial charge in [0.1, 0.15) is 8.07 Å². The van der Waals surface area contributed by atoms with E-state index in [0.29, 0.717) is 23.5 Å². The molecule has 0 spiro atoms. The first-order valence-corrected chi connectivity index (χ1v) is 10.6. The maximum absolute atomic E-state index is 11.4. The van der Waals surface area contributed by atoms with E-state index in [-0.39, 0.29) is 5.75 Å². The van der Waals surface area contributed by atoms with E-state index in [1.807, 2.05) is 0 Å². The quantitative estimate of drug-likeness (QED) is 0.401. The largest absolute Gasteiger partial charge is 0.503 e. The van der Waals surface area contributed by atoms with Crippen molar-refractivity contribution in [2.75, 3.05) is 13.7 Å². The van der Waals surface area contributed by atoms with Crippen LogP contribution in [-0.2, 0) is 9.53 Å². The summed E-state index contributed by atoms with van der Waals surface area (Å²) in [5, 5.41) is 10.1. The van der Waals surface area contributed by atoms with Crippen LogP contribution in [0.25, 0.3) is 6.08 Å². The van der Waals surface area contributed by atoms with Gasteiger partial charge in [-0.15, -0.1) is 5.54 Å². The molecule has 0 saturated heterocycles. The van der Waals surface area contributed by atoms with Gasteiger partial charge in [-0.2, -0.15) is 0 Å². The topological polar surface area (TPSA) is 55.8 Å². The highest BCUT2D eigenvalue weighted by Gasteiger charge is 2.11. The molecule has 4 nitrogen and oxygen atoms in total. The van der Waals surface area contributed by atoms with Gasteiger partial charge in [0.15, 0.2) is 11.5 Å². The van der Waals surface area contributed by atoms with Crippen LogP contribution in [0, 0.1) is 11.5 Å². The first-order valence-electron chi connectivity index (χ1n) is 7.06. The molecule has 0 radical (unpaired) electrons. The Labute approximate surface area is 132 Å². The Morgan fingerprint density at radius 3 is 2.59 bits per heavy atom. The lowest BCUT2D eigenvalue weighted by Crippen LogP contribution is -2.16. The Morgan fingerprint density at radius 1 is 1.36 bits per heavy atom. The van der Waals surface area contributed by atoms with Crippen molar-refractivity contribution in [1.82, 2.24) is 0 Å². The number of methoxy groups -OCH3 is 1. The molecular formula is C17H22O4Si. The number of phenolic OH excluding ortho intramolecular Hbond substituents is 1.